The van der Waals surface area contributed by atoms with Crippen LogP contribution in [0.25, 0.3) is 11.0 Å². The first-order chi connectivity index (χ1) is 11.7. The van der Waals surface area contributed by atoms with Crippen LogP contribution in [-0.2, 0) is 6.54 Å². The summed E-state index contributed by atoms with van der Waals surface area (Å²) in [7, 11) is 0. The van der Waals surface area contributed by atoms with Gasteiger partial charge in [0.2, 0.25) is 0 Å². The Bertz CT molecular complexity index is 837. The Hall–Kier alpha value is -2.66. The molecule has 0 radical (unpaired) electrons. The second-order valence-corrected chi connectivity index (χ2v) is 6.27. The van der Waals surface area contributed by atoms with Gasteiger partial charge in [-0.3, -0.25) is 4.90 Å². The Kier molecular flexibility index (Phi) is 3.78. The number of carbonyl (C=O) groups is 1. The largest absolute Gasteiger partial charge is 0.478 e. The lowest BCUT2D eigenvalue weighted by Gasteiger charge is -2.22. The molecule has 0 bridgehead atoms. The van der Waals surface area contributed by atoms with Gasteiger partial charge in [-0.05, 0) is 49.2 Å². The molecule has 3 aromatic rings. The summed E-state index contributed by atoms with van der Waals surface area (Å²) in [5, 5.41) is 9.00. The fourth-order valence-corrected chi connectivity index (χ4v) is 3.44. The van der Waals surface area contributed by atoms with E-state index in [2.05, 4.69) is 16.0 Å². The second kappa shape index (κ2) is 6.09. The molecule has 0 amide bonds. The van der Waals surface area contributed by atoms with E-state index < -0.39 is 5.97 Å². The number of fused-ring (bicyclic) bond motifs is 1. The van der Waals surface area contributed by atoms with Crippen LogP contribution in [0.15, 0.2) is 48.5 Å². The molecule has 0 saturated carbocycles. The number of aromatic carboxylic acids is 1. The Morgan fingerprint density at radius 3 is 2.75 bits per heavy atom. The third-order valence-electron chi connectivity index (χ3n) is 4.67. The summed E-state index contributed by atoms with van der Waals surface area (Å²) in [5.74, 6) is 0.138. The molecule has 2 aromatic carbocycles. The minimum Gasteiger partial charge on any atom is -0.478 e. The van der Waals surface area contributed by atoms with Crippen molar-refractivity contribution in [3.8, 4) is 0 Å². The van der Waals surface area contributed by atoms with Crippen LogP contribution in [0, 0.1) is 0 Å². The van der Waals surface area contributed by atoms with E-state index in [0.717, 1.165) is 48.4 Å². The van der Waals surface area contributed by atoms with Crippen molar-refractivity contribution in [2.24, 2.45) is 0 Å². The summed E-state index contributed by atoms with van der Waals surface area (Å²) < 4.78 is 0. The average molecular weight is 321 g/mol. The number of H-pyrrole nitrogens is 1. The Morgan fingerprint density at radius 1 is 1.21 bits per heavy atom. The van der Waals surface area contributed by atoms with Gasteiger partial charge in [0.1, 0.15) is 5.82 Å². The maximum atomic E-state index is 11.0. The molecule has 1 unspecified atom stereocenters. The number of aromatic amines is 1. The standard InChI is InChI=1S/C19H19N3O2/c23-19(24)14-9-7-13(8-10-14)12-22-11-3-6-17(22)18-20-15-4-1-2-5-16(15)21-18/h1-2,4-5,7-10,17H,3,6,11-12H2,(H,20,21)(H,23,24). The van der Waals surface area contributed by atoms with Gasteiger partial charge in [0.05, 0.1) is 22.6 Å². The third kappa shape index (κ3) is 2.78. The van der Waals surface area contributed by atoms with Crippen LogP contribution in [0.1, 0.15) is 40.6 Å². The predicted molar refractivity (Wildman–Crippen MR) is 91.9 cm³/mol. The van der Waals surface area contributed by atoms with Crippen LogP contribution in [0.4, 0.5) is 0 Å². The molecule has 4 rings (SSSR count). The van der Waals surface area contributed by atoms with Crippen molar-refractivity contribution < 1.29 is 9.90 Å². The number of rotatable bonds is 4. The molecule has 0 spiro atoms. The summed E-state index contributed by atoms with van der Waals surface area (Å²) >= 11 is 0. The molecule has 5 heteroatoms. The predicted octanol–water partition coefficient (Wildman–Crippen LogP) is 3.60. The highest BCUT2D eigenvalue weighted by molar-refractivity contribution is 5.87. The van der Waals surface area contributed by atoms with Gasteiger partial charge < -0.3 is 10.1 Å². The molecule has 2 heterocycles. The maximum Gasteiger partial charge on any atom is 0.335 e. The zero-order chi connectivity index (χ0) is 16.5. The lowest BCUT2D eigenvalue weighted by atomic mass is 10.1. The molecule has 24 heavy (non-hydrogen) atoms. The quantitative estimate of drug-likeness (QED) is 0.770. The highest BCUT2D eigenvalue weighted by Gasteiger charge is 2.28. The van der Waals surface area contributed by atoms with E-state index in [4.69, 9.17) is 10.1 Å². The number of hydrogen-bond acceptors (Lipinski definition) is 3. The molecular weight excluding hydrogens is 302 g/mol. The van der Waals surface area contributed by atoms with Crippen LogP contribution in [0.5, 0.6) is 0 Å². The van der Waals surface area contributed by atoms with E-state index in [-0.39, 0.29) is 6.04 Å². The van der Waals surface area contributed by atoms with Crippen molar-refractivity contribution in [1.29, 1.82) is 0 Å². The van der Waals surface area contributed by atoms with E-state index in [0.29, 0.717) is 5.56 Å². The molecular formula is C19H19N3O2. The van der Waals surface area contributed by atoms with Crippen LogP contribution < -0.4 is 0 Å². The summed E-state index contributed by atoms with van der Waals surface area (Å²) in [6.07, 6.45) is 2.24. The summed E-state index contributed by atoms with van der Waals surface area (Å²) in [6, 6.07) is 15.5. The van der Waals surface area contributed by atoms with E-state index >= 15 is 0 Å². The van der Waals surface area contributed by atoms with Crippen LogP contribution in [-0.4, -0.2) is 32.5 Å². The molecule has 2 N–H and O–H groups in total. The van der Waals surface area contributed by atoms with Crippen LogP contribution in [0.2, 0.25) is 0 Å². The molecule has 1 fully saturated rings. The fraction of sp³-hybridized carbons (Fsp3) is 0.263. The Balaban J connectivity index is 1.55. The monoisotopic (exact) mass is 321 g/mol. The van der Waals surface area contributed by atoms with Crippen molar-refractivity contribution >= 4 is 17.0 Å². The van der Waals surface area contributed by atoms with Gasteiger partial charge in [0.15, 0.2) is 0 Å². The van der Waals surface area contributed by atoms with Crippen LogP contribution >= 0.6 is 0 Å². The van der Waals surface area contributed by atoms with Gasteiger partial charge in [0, 0.05) is 6.54 Å². The maximum absolute atomic E-state index is 11.0. The third-order valence-corrected chi connectivity index (χ3v) is 4.67. The highest BCUT2D eigenvalue weighted by atomic mass is 16.4. The van der Waals surface area contributed by atoms with Gasteiger partial charge in [0.25, 0.3) is 0 Å². The van der Waals surface area contributed by atoms with Crippen molar-refractivity contribution in [1.82, 2.24) is 14.9 Å². The molecule has 5 nitrogen and oxygen atoms in total. The van der Waals surface area contributed by atoms with Gasteiger partial charge in [-0.25, -0.2) is 9.78 Å². The Labute approximate surface area is 139 Å². The molecule has 122 valence electrons. The molecule has 1 aromatic heterocycles. The SMILES string of the molecule is O=C(O)c1ccc(CN2CCCC2c2nc3ccccc3[nH]2)cc1. The summed E-state index contributed by atoms with van der Waals surface area (Å²) in [5.41, 5.74) is 3.53. The number of likely N-dealkylation sites (tertiary alicyclic amines) is 1. The van der Waals surface area contributed by atoms with Gasteiger partial charge >= 0.3 is 5.97 Å². The number of aromatic nitrogens is 2. The van der Waals surface area contributed by atoms with Gasteiger partial charge in [-0.15, -0.1) is 0 Å². The molecule has 1 saturated heterocycles. The number of nitrogens with zero attached hydrogens (tertiary/aromatic N) is 2. The zero-order valence-corrected chi connectivity index (χ0v) is 13.3. The number of para-hydroxylation sites is 2. The first kappa shape index (κ1) is 14.9. The number of nitrogens with one attached hydrogen (secondary N) is 1. The van der Waals surface area contributed by atoms with Crippen molar-refractivity contribution in [3.05, 3.63) is 65.5 Å². The van der Waals surface area contributed by atoms with Gasteiger partial charge in [-0.2, -0.15) is 0 Å². The van der Waals surface area contributed by atoms with Gasteiger partial charge in [-0.1, -0.05) is 24.3 Å². The van der Waals surface area contributed by atoms with Crippen molar-refractivity contribution in [2.75, 3.05) is 6.54 Å². The van der Waals surface area contributed by atoms with E-state index in [1.807, 2.05) is 30.3 Å². The molecule has 0 aliphatic carbocycles. The lowest BCUT2D eigenvalue weighted by molar-refractivity contribution is 0.0697. The Morgan fingerprint density at radius 2 is 2.00 bits per heavy atom. The smallest absolute Gasteiger partial charge is 0.335 e. The minimum atomic E-state index is -0.886. The van der Waals surface area contributed by atoms with E-state index in [1.54, 1.807) is 12.1 Å². The normalized spacial score (nSPS) is 18.2. The number of carboxylic acids is 1. The number of hydrogen-bond donors (Lipinski definition) is 2. The average Bonchev–Trinajstić information content (AvgIpc) is 3.21. The minimum absolute atomic E-state index is 0.288. The topological polar surface area (TPSA) is 69.2 Å². The number of carboxylic acid groups (broad SMARTS) is 1. The first-order valence-corrected chi connectivity index (χ1v) is 8.21. The van der Waals surface area contributed by atoms with E-state index in [9.17, 15) is 4.79 Å². The zero-order valence-electron chi connectivity index (χ0n) is 13.3. The molecule has 1 aliphatic heterocycles. The first-order valence-electron chi connectivity index (χ1n) is 8.21. The fourth-order valence-electron chi connectivity index (χ4n) is 3.44. The van der Waals surface area contributed by atoms with E-state index in [1.165, 1.54) is 0 Å². The summed E-state index contributed by atoms with van der Waals surface area (Å²) in [6.45, 7) is 1.84. The molecule has 1 aliphatic rings. The number of imidazole rings is 1. The highest BCUT2D eigenvalue weighted by Crippen LogP contribution is 2.32. The summed E-state index contributed by atoms with van der Waals surface area (Å²) in [4.78, 5) is 21.6. The number of benzene rings is 2. The van der Waals surface area contributed by atoms with Crippen molar-refractivity contribution in [3.63, 3.8) is 0 Å². The molecule has 1 atom stereocenters. The van der Waals surface area contributed by atoms with Crippen LogP contribution in [0.3, 0.4) is 0 Å². The second-order valence-electron chi connectivity index (χ2n) is 6.27. The lowest BCUT2D eigenvalue weighted by Crippen LogP contribution is -2.23. The van der Waals surface area contributed by atoms with Crippen molar-refractivity contribution in [2.45, 2.75) is 25.4 Å².